The predicted molar refractivity (Wildman–Crippen MR) is 334 cm³/mol. The number of carbonyl (C=O) groups excluding carboxylic acids is 9. The summed E-state index contributed by atoms with van der Waals surface area (Å²) in [5.41, 5.74) is 2.53. The van der Waals surface area contributed by atoms with Crippen LogP contribution in [0.3, 0.4) is 0 Å². The van der Waals surface area contributed by atoms with E-state index in [1.165, 1.54) is 77.7 Å². The summed E-state index contributed by atoms with van der Waals surface area (Å²) in [7, 11) is 13.4. The van der Waals surface area contributed by atoms with E-state index in [-0.39, 0.29) is 108 Å². The first-order valence-electron chi connectivity index (χ1n) is 28.1. The van der Waals surface area contributed by atoms with Crippen molar-refractivity contribution in [2.45, 2.75) is 38.5 Å². The van der Waals surface area contributed by atoms with Crippen molar-refractivity contribution in [1.29, 1.82) is 0 Å². The molecule has 1 aromatic carbocycles. The van der Waals surface area contributed by atoms with Crippen LogP contribution in [0.25, 0.3) is 0 Å². The van der Waals surface area contributed by atoms with Crippen molar-refractivity contribution in [3.63, 3.8) is 0 Å². The zero-order chi connectivity index (χ0) is 64.5. The standard InChI is InChI=1S/C56H72Cl2N22O9/c1-73(2)24-10-21-60-52(85)46-67-40(31-75(46)4)70-56(89)50-69-42(33-79(50)8)72-55(88)49-66-39(30-77(49)6)64-45(83)18-22-59-43(81)17-23-61-51(84)37-27-35(28-74(37)3)62-53(86)47-68-41(32-78(47)7)71-54(87)48-65-38(29-76(48)5)63-44(82)12-9-11-34-13-15-36(16-14-34)80(25-19-57)26-20-58/h13-16,27-33H,9-12,17-26H2,1-8H3,(H,59,81)(H,60,85)(H,61,84)(H,62,86)(H,63,82)(H,64,83)(H,70,89)(H,71,87)(H,72,88). The largest absolute Gasteiger partial charge is 0.369 e. The molecule has 31 nitrogen and oxygen atoms in total. The van der Waals surface area contributed by atoms with Gasteiger partial charge in [0.1, 0.15) is 5.69 Å². The number of rotatable bonds is 31. The van der Waals surface area contributed by atoms with E-state index in [1.54, 1.807) is 35.2 Å². The molecule has 33 heteroatoms. The van der Waals surface area contributed by atoms with E-state index in [1.807, 2.05) is 43.3 Å². The summed E-state index contributed by atoms with van der Waals surface area (Å²) in [5, 5.41) is 23.9. The molecule has 7 aromatic rings. The maximum atomic E-state index is 13.4. The number of alkyl halides is 2. The first kappa shape index (κ1) is 66.6. The molecule has 0 unspecified atom stereocenters. The van der Waals surface area contributed by atoms with Crippen LogP contribution in [-0.2, 0) is 63.1 Å². The first-order chi connectivity index (χ1) is 42.5. The molecule has 9 N–H and O–H groups in total. The van der Waals surface area contributed by atoms with Crippen molar-refractivity contribution >= 4 is 117 Å². The number of carbonyl (C=O) groups is 9. The number of aromatic nitrogens is 11. The summed E-state index contributed by atoms with van der Waals surface area (Å²) in [6, 6.07) is 9.50. The third-order valence-corrected chi connectivity index (χ3v) is 13.7. The van der Waals surface area contributed by atoms with Crippen LogP contribution in [0.4, 0.5) is 40.5 Å². The number of halogens is 2. The summed E-state index contributed by atoms with van der Waals surface area (Å²) >= 11 is 11.9. The van der Waals surface area contributed by atoms with Gasteiger partial charge in [0.25, 0.3) is 35.4 Å². The summed E-state index contributed by atoms with van der Waals surface area (Å²) in [4.78, 5) is 142. The van der Waals surface area contributed by atoms with Gasteiger partial charge < -0.3 is 85.1 Å². The number of nitrogens with zero attached hydrogens (tertiary/aromatic N) is 13. The van der Waals surface area contributed by atoms with Crippen molar-refractivity contribution in [2.75, 3.05) is 102 Å². The molecule has 0 aliphatic carbocycles. The van der Waals surface area contributed by atoms with Crippen molar-refractivity contribution in [3.8, 4) is 0 Å². The first-order valence-corrected chi connectivity index (χ1v) is 29.2. The third kappa shape index (κ3) is 18.8. The molecule has 6 aromatic heterocycles. The number of anilines is 7. The Kier molecular flexibility index (Phi) is 23.3. The molecule has 6 heterocycles. The van der Waals surface area contributed by atoms with E-state index in [2.05, 4.69) is 77.7 Å². The van der Waals surface area contributed by atoms with Crippen molar-refractivity contribution in [1.82, 2.24) is 73.2 Å². The van der Waals surface area contributed by atoms with Gasteiger partial charge in [0, 0.05) is 149 Å². The minimum Gasteiger partial charge on any atom is -0.369 e. The summed E-state index contributed by atoms with van der Waals surface area (Å²) in [6.07, 6.45) is 10.8. The number of hydrogen-bond donors (Lipinski definition) is 9. The van der Waals surface area contributed by atoms with Crippen molar-refractivity contribution < 1.29 is 43.2 Å². The lowest BCUT2D eigenvalue weighted by atomic mass is 10.1. The molecule has 0 atom stereocenters. The van der Waals surface area contributed by atoms with Gasteiger partial charge in [-0.3, -0.25) is 43.2 Å². The normalized spacial score (nSPS) is 11.0. The van der Waals surface area contributed by atoms with Crippen LogP contribution in [0.2, 0.25) is 0 Å². The lowest BCUT2D eigenvalue weighted by molar-refractivity contribution is -0.121. The third-order valence-electron chi connectivity index (χ3n) is 13.4. The lowest BCUT2D eigenvalue weighted by Crippen LogP contribution is -2.32. The van der Waals surface area contributed by atoms with Crippen molar-refractivity contribution in [3.05, 3.63) is 108 Å². The SMILES string of the molecule is CN(C)CCCNC(=O)c1nc(NC(=O)c2nc(NC(=O)c3nc(NC(=O)CCNC(=O)CCNC(=O)c4cc(NC(=O)c5nc(NC(=O)c6nc(NC(=O)CCCc7ccc(N(CCCl)CCCl)cc7)cn6C)cn5C)cn4C)cn3C)cn2C)cn1C. The molecule has 0 bridgehead atoms. The minimum atomic E-state index is -0.692. The maximum Gasteiger partial charge on any atom is 0.292 e. The summed E-state index contributed by atoms with van der Waals surface area (Å²) < 4.78 is 8.60. The van der Waals surface area contributed by atoms with Crippen molar-refractivity contribution in [2.24, 2.45) is 42.3 Å². The quantitative estimate of drug-likeness (QED) is 0.0223. The molecule has 0 aliphatic rings. The van der Waals surface area contributed by atoms with E-state index in [0.29, 0.717) is 44.2 Å². The van der Waals surface area contributed by atoms with Gasteiger partial charge in [0.05, 0.1) is 5.69 Å². The van der Waals surface area contributed by atoms with Gasteiger partial charge in [-0.2, -0.15) is 0 Å². The van der Waals surface area contributed by atoms with E-state index in [4.69, 9.17) is 23.2 Å². The Morgan fingerprint density at radius 2 is 0.831 bits per heavy atom. The topological polar surface area (TPSA) is 362 Å². The average Bonchev–Trinajstić information content (AvgIpc) is 2.85. The molecule has 9 amide bonds. The Morgan fingerprint density at radius 1 is 0.427 bits per heavy atom. The van der Waals surface area contributed by atoms with Gasteiger partial charge in [0.15, 0.2) is 29.1 Å². The van der Waals surface area contributed by atoms with Crippen LogP contribution >= 0.6 is 23.2 Å². The smallest absolute Gasteiger partial charge is 0.292 e. The van der Waals surface area contributed by atoms with E-state index >= 15 is 0 Å². The highest BCUT2D eigenvalue weighted by molar-refractivity contribution is 6.18. The Labute approximate surface area is 521 Å². The van der Waals surface area contributed by atoms with E-state index in [0.717, 1.165) is 24.2 Å². The summed E-state index contributed by atoms with van der Waals surface area (Å²) in [6.45, 7) is 2.51. The van der Waals surface area contributed by atoms with Gasteiger partial charge in [-0.25, -0.2) is 24.9 Å². The highest BCUT2D eigenvalue weighted by atomic mass is 35.5. The molecule has 0 spiro atoms. The Hall–Kier alpha value is -9.88. The van der Waals surface area contributed by atoms with Gasteiger partial charge in [-0.05, 0) is 63.7 Å². The van der Waals surface area contributed by atoms with Crippen LogP contribution in [0.15, 0.2) is 67.5 Å². The fourth-order valence-corrected chi connectivity index (χ4v) is 9.43. The van der Waals surface area contributed by atoms with Crippen LogP contribution in [0.5, 0.6) is 0 Å². The monoisotopic (exact) mass is 1270 g/mol. The number of benzene rings is 1. The molecule has 89 heavy (non-hydrogen) atoms. The average molecular weight is 1270 g/mol. The second-order valence-corrected chi connectivity index (χ2v) is 21.6. The number of hydrogen-bond acceptors (Lipinski definition) is 16. The Morgan fingerprint density at radius 3 is 1.29 bits per heavy atom. The van der Waals surface area contributed by atoms with Gasteiger partial charge >= 0.3 is 0 Å². The number of amides is 9. The fourth-order valence-electron chi connectivity index (χ4n) is 9.02. The van der Waals surface area contributed by atoms with Crippen LogP contribution < -0.4 is 52.8 Å². The highest BCUT2D eigenvalue weighted by Gasteiger charge is 2.24. The highest BCUT2D eigenvalue weighted by Crippen LogP contribution is 2.20. The number of imidazole rings is 5. The number of nitrogens with one attached hydrogen (secondary N) is 9. The Balaban J connectivity index is 0.786. The van der Waals surface area contributed by atoms with E-state index in [9.17, 15) is 43.2 Å². The van der Waals surface area contributed by atoms with Crippen LogP contribution in [-0.4, -0.2) is 176 Å². The Bertz CT molecular complexity index is 3700. The molecule has 0 fully saturated rings. The molecule has 0 saturated carbocycles. The lowest BCUT2D eigenvalue weighted by Gasteiger charge is -2.23. The second kappa shape index (κ2) is 31.2. The zero-order valence-electron chi connectivity index (χ0n) is 50.5. The van der Waals surface area contributed by atoms with Gasteiger partial charge in [-0.1, -0.05) is 12.1 Å². The molecule has 474 valence electrons. The van der Waals surface area contributed by atoms with Crippen LogP contribution in [0.1, 0.15) is 101 Å². The summed E-state index contributed by atoms with van der Waals surface area (Å²) in [5.74, 6) is -3.48. The molecular weight excluding hydrogens is 1200 g/mol. The fraction of sp³-hybridized carbons (Fsp3) is 0.393. The van der Waals surface area contributed by atoms with Gasteiger partial charge in [0.2, 0.25) is 46.8 Å². The molecule has 0 saturated heterocycles. The maximum absolute atomic E-state index is 13.4. The molecular formula is C56H72Cl2N22O9. The molecule has 0 radical (unpaired) electrons. The minimum absolute atomic E-state index is 0.0188. The molecule has 7 rings (SSSR count). The van der Waals surface area contributed by atoms with Crippen LogP contribution in [0, 0.1) is 0 Å². The molecule has 0 aliphatic heterocycles. The van der Waals surface area contributed by atoms with Gasteiger partial charge in [-0.15, -0.1) is 23.2 Å². The van der Waals surface area contributed by atoms with E-state index < -0.39 is 47.3 Å². The second-order valence-electron chi connectivity index (χ2n) is 20.8. The zero-order valence-corrected chi connectivity index (χ0v) is 52.0. The number of aryl methyl sites for hydroxylation is 7. The predicted octanol–water partition coefficient (Wildman–Crippen LogP) is 2.89.